The topological polar surface area (TPSA) is 43.4 Å². The predicted octanol–water partition coefficient (Wildman–Crippen LogP) is 1.94. The van der Waals surface area contributed by atoms with Crippen molar-refractivity contribution in [2.24, 2.45) is 11.8 Å². The van der Waals surface area contributed by atoms with Crippen molar-refractivity contribution in [1.29, 1.82) is 0 Å². The van der Waals surface area contributed by atoms with E-state index in [9.17, 15) is 18.4 Å². The molecule has 3 rings (SSSR count). The Labute approximate surface area is 92.1 Å². The molecule has 0 N–H and O–H groups in total. The van der Waals surface area contributed by atoms with Gasteiger partial charge in [-0.1, -0.05) is 0 Å². The third kappa shape index (κ3) is 1.72. The van der Waals surface area contributed by atoms with Crippen molar-refractivity contribution in [2.45, 2.75) is 44.6 Å². The Bertz CT molecular complexity index is 342. The zero-order valence-electron chi connectivity index (χ0n) is 9.26. The lowest BCUT2D eigenvalue weighted by molar-refractivity contribution is -0.197. The number of esters is 1. The Morgan fingerprint density at radius 1 is 1.50 bits per heavy atom. The summed E-state index contributed by atoms with van der Waals surface area (Å²) in [6.45, 7) is 1.92. The molecule has 3 nitrogen and oxygen atoms in total. The zero-order valence-corrected chi connectivity index (χ0v) is 9.26. The van der Waals surface area contributed by atoms with Gasteiger partial charge in [-0.15, -0.1) is 0 Å². The summed E-state index contributed by atoms with van der Waals surface area (Å²) >= 11 is 0. The van der Waals surface area contributed by atoms with Crippen molar-refractivity contribution in [2.75, 3.05) is 0 Å². The van der Waals surface area contributed by atoms with Crippen LogP contribution in [0, 0.1) is 11.8 Å². The van der Waals surface area contributed by atoms with E-state index < -0.39 is 17.5 Å². The van der Waals surface area contributed by atoms with Crippen molar-refractivity contribution in [3.05, 3.63) is 0 Å². The molecule has 5 heteroatoms. The lowest BCUT2D eigenvalue weighted by Crippen LogP contribution is -2.56. The van der Waals surface area contributed by atoms with Crippen LogP contribution in [0.15, 0.2) is 0 Å². The first-order chi connectivity index (χ1) is 7.22. The molecule has 0 spiro atoms. The van der Waals surface area contributed by atoms with Gasteiger partial charge in [0, 0.05) is 12.8 Å². The molecule has 0 amide bonds. The second-order valence-corrected chi connectivity index (χ2v) is 5.11. The lowest BCUT2D eigenvalue weighted by Gasteiger charge is -2.48. The molecular weight excluding hydrogens is 218 g/mol. The zero-order chi connectivity index (χ0) is 12.1. The highest BCUT2D eigenvalue weighted by molar-refractivity contribution is 5.93. The summed E-state index contributed by atoms with van der Waals surface area (Å²) in [6.07, 6.45) is 2.01. The second-order valence-electron chi connectivity index (χ2n) is 5.11. The van der Waals surface area contributed by atoms with E-state index in [1.807, 2.05) is 0 Å². The second kappa shape index (κ2) is 3.25. The fourth-order valence-electron chi connectivity index (χ4n) is 2.59. The number of hydrogen-bond donors (Lipinski definition) is 0. The van der Waals surface area contributed by atoms with Crippen LogP contribution in [-0.4, -0.2) is 23.3 Å². The number of ketones is 1. The minimum absolute atomic E-state index is 0.0953. The quantitative estimate of drug-likeness (QED) is 0.683. The van der Waals surface area contributed by atoms with Gasteiger partial charge in [0.1, 0.15) is 0 Å². The summed E-state index contributed by atoms with van der Waals surface area (Å²) in [5.41, 5.74) is -1.33. The van der Waals surface area contributed by atoms with Crippen LogP contribution in [0.25, 0.3) is 0 Å². The van der Waals surface area contributed by atoms with Gasteiger partial charge < -0.3 is 4.74 Å². The molecule has 3 fully saturated rings. The minimum Gasteiger partial charge on any atom is -0.447 e. The molecule has 0 saturated heterocycles. The number of rotatable bonds is 2. The van der Waals surface area contributed by atoms with Crippen LogP contribution in [-0.2, 0) is 14.3 Å². The van der Waals surface area contributed by atoms with E-state index in [1.165, 1.54) is 6.92 Å². The maximum Gasteiger partial charge on any atom is 0.377 e. The monoisotopic (exact) mass is 232 g/mol. The molecule has 0 aromatic heterocycles. The van der Waals surface area contributed by atoms with Crippen LogP contribution in [0.1, 0.15) is 33.1 Å². The molecule has 0 aromatic rings. The van der Waals surface area contributed by atoms with Gasteiger partial charge >= 0.3 is 11.9 Å². The molecular formula is C11H14F2O3. The molecule has 3 saturated carbocycles. The molecule has 1 unspecified atom stereocenters. The Kier molecular flexibility index (Phi) is 2.33. The first kappa shape index (κ1) is 11.5. The number of ether oxygens (including phenoxy) is 1. The molecule has 3 aliphatic rings. The van der Waals surface area contributed by atoms with Crippen LogP contribution >= 0.6 is 0 Å². The lowest BCUT2D eigenvalue weighted by atomic mass is 9.59. The first-order valence-corrected chi connectivity index (χ1v) is 5.38. The number of carbonyl (C=O) groups excluding carboxylic acids is 2. The minimum atomic E-state index is -3.54. The van der Waals surface area contributed by atoms with Crippen molar-refractivity contribution in [3.63, 3.8) is 0 Å². The van der Waals surface area contributed by atoms with Gasteiger partial charge in [0.05, 0.1) is 0 Å². The van der Waals surface area contributed by atoms with E-state index in [4.69, 9.17) is 4.74 Å². The summed E-state index contributed by atoms with van der Waals surface area (Å²) in [5, 5.41) is 0. The molecule has 16 heavy (non-hydrogen) atoms. The number of carbonyl (C=O) groups is 2. The van der Waals surface area contributed by atoms with E-state index in [2.05, 4.69) is 0 Å². The third-order valence-corrected chi connectivity index (χ3v) is 3.48. The van der Waals surface area contributed by atoms with Gasteiger partial charge in [0.15, 0.2) is 11.4 Å². The van der Waals surface area contributed by atoms with Crippen LogP contribution in [0.2, 0.25) is 0 Å². The highest BCUT2D eigenvalue weighted by Gasteiger charge is 2.55. The number of halogens is 2. The predicted molar refractivity (Wildman–Crippen MR) is 51.0 cm³/mol. The van der Waals surface area contributed by atoms with Gasteiger partial charge in [0.2, 0.25) is 0 Å². The van der Waals surface area contributed by atoms with Crippen LogP contribution in [0.3, 0.4) is 0 Å². The average molecular weight is 232 g/mol. The van der Waals surface area contributed by atoms with E-state index in [-0.39, 0.29) is 11.7 Å². The molecule has 0 aliphatic heterocycles. The molecule has 2 bridgehead atoms. The van der Waals surface area contributed by atoms with Gasteiger partial charge in [-0.2, -0.15) is 8.78 Å². The molecule has 0 aromatic carbocycles. The number of Topliss-reactive ketones (excluding diaryl/α,β-unsaturated/α-hetero) is 1. The maximum atomic E-state index is 12.7. The van der Waals surface area contributed by atoms with E-state index >= 15 is 0 Å². The standard InChI is InChI=1S/C11H14F2O3/c1-10(16-9(15)11(2,12)13)5-6-3-7(4-6)8(10)14/h6-7H,3-5H2,1-2H3. The number of fused-ring (bicyclic) bond motifs is 2. The summed E-state index contributed by atoms with van der Waals surface area (Å²) in [5.74, 6) is -5.10. The third-order valence-electron chi connectivity index (χ3n) is 3.48. The van der Waals surface area contributed by atoms with E-state index in [0.29, 0.717) is 19.3 Å². The van der Waals surface area contributed by atoms with Crippen molar-refractivity contribution >= 4 is 11.8 Å². The highest BCUT2D eigenvalue weighted by Crippen LogP contribution is 2.49. The SMILES string of the molecule is CC(F)(F)C(=O)OC1(C)CC2CC(C2)C1=O. The highest BCUT2D eigenvalue weighted by atomic mass is 19.3. The average Bonchev–Trinajstić information content (AvgIpc) is 2.05. The number of hydrogen-bond acceptors (Lipinski definition) is 3. The van der Waals surface area contributed by atoms with Gasteiger partial charge in [-0.3, -0.25) is 4.79 Å². The fourth-order valence-corrected chi connectivity index (χ4v) is 2.59. The molecule has 90 valence electrons. The maximum absolute atomic E-state index is 12.7. The summed E-state index contributed by atoms with van der Waals surface area (Å²) in [7, 11) is 0. The van der Waals surface area contributed by atoms with Crippen LogP contribution in [0.5, 0.6) is 0 Å². The molecule has 1 atom stereocenters. The molecule has 0 radical (unpaired) electrons. The Balaban J connectivity index is 2.09. The summed E-state index contributed by atoms with van der Waals surface area (Å²) in [6, 6.07) is 0. The fraction of sp³-hybridized carbons (Fsp3) is 0.818. The van der Waals surface area contributed by atoms with Gasteiger partial charge in [-0.25, -0.2) is 4.79 Å². The number of alkyl halides is 2. The first-order valence-electron chi connectivity index (χ1n) is 5.38. The molecule has 0 heterocycles. The van der Waals surface area contributed by atoms with Crippen molar-refractivity contribution < 1.29 is 23.1 Å². The van der Waals surface area contributed by atoms with Crippen molar-refractivity contribution in [3.8, 4) is 0 Å². The van der Waals surface area contributed by atoms with Gasteiger partial charge in [0.25, 0.3) is 0 Å². The Morgan fingerprint density at radius 3 is 2.50 bits per heavy atom. The van der Waals surface area contributed by atoms with E-state index in [0.717, 1.165) is 12.8 Å². The molecule has 3 aliphatic carbocycles. The smallest absolute Gasteiger partial charge is 0.377 e. The summed E-state index contributed by atoms with van der Waals surface area (Å²) < 4.78 is 30.1. The van der Waals surface area contributed by atoms with Crippen molar-refractivity contribution in [1.82, 2.24) is 0 Å². The Hall–Kier alpha value is -1.00. The Morgan fingerprint density at radius 2 is 2.06 bits per heavy atom. The normalized spacial score (nSPS) is 37.9. The van der Waals surface area contributed by atoms with Gasteiger partial charge in [-0.05, 0) is 32.1 Å². The van der Waals surface area contributed by atoms with Crippen LogP contribution in [0.4, 0.5) is 8.78 Å². The largest absolute Gasteiger partial charge is 0.447 e. The van der Waals surface area contributed by atoms with Crippen LogP contribution < -0.4 is 0 Å². The van der Waals surface area contributed by atoms with E-state index in [1.54, 1.807) is 0 Å². The summed E-state index contributed by atoms with van der Waals surface area (Å²) in [4.78, 5) is 22.9.